The number of ether oxygens (including phenoxy) is 5. The molecule has 3 atom stereocenters. The zero-order valence-corrected chi connectivity index (χ0v) is 31.9. The van der Waals surface area contributed by atoms with Crippen molar-refractivity contribution in [2.75, 3.05) is 78.9 Å². The van der Waals surface area contributed by atoms with Gasteiger partial charge in [-0.3, -0.25) is 9.59 Å². The predicted molar refractivity (Wildman–Crippen MR) is 201 cm³/mol. The number of hydrogen-bond donors (Lipinski definition) is 3. The van der Waals surface area contributed by atoms with Crippen LogP contribution in [0.3, 0.4) is 0 Å². The van der Waals surface area contributed by atoms with Gasteiger partial charge in [-0.25, -0.2) is 9.59 Å². The number of hydrogen-bond acceptors (Lipinski definition) is 9. The lowest BCUT2D eigenvalue weighted by molar-refractivity contribution is -0.139. The first kappa shape index (κ1) is 40.8. The van der Waals surface area contributed by atoms with Crippen LogP contribution in [0.15, 0.2) is 54.6 Å². The standard InChI is InChI=1S/C40H57N5O9/c1-40(2,3)54-38(48)42-16-22-51-25-24-50-21-15-35(46)41-17-23-52-32-11-7-10-31(26-32)37(29-8-5-4-6-9-29)30-12-18-44(19-13-30)39(49)45-20-14-34-33(27-45)43-36(47)28-53-34/h4-11,26,30,33-34,37H,12-25,27-28H2,1-3H3,(H,41,46)(H,42,48)(H,43,47)/t33-,34+,37+/m1/s1. The average molecular weight is 752 g/mol. The molecule has 3 fully saturated rings. The molecule has 0 saturated carbocycles. The molecule has 296 valence electrons. The maximum atomic E-state index is 13.5. The quantitative estimate of drug-likeness (QED) is 0.218. The highest BCUT2D eigenvalue weighted by Crippen LogP contribution is 2.39. The lowest BCUT2D eigenvalue weighted by Gasteiger charge is -2.44. The van der Waals surface area contributed by atoms with E-state index in [9.17, 15) is 19.2 Å². The molecule has 3 heterocycles. The van der Waals surface area contributed by atoms with Gasteiger partial charge in [-0.15, -0.1) is 0 Å². The summed E-state index contributed by atoms with van der Waals surface area (Å²) in [6, 6.07) is 18.5. The Labute approximate surface area is 318 Å². The Kier molecular flexibility index (Phi) is 15.4. The molecule has 2 aromatic carbocycles. The van der Waals surface area contributed by atoms with E-state index in [1.165, 1.54) is 5.56 Å². The summed E-state index contributed by atoms with van der Waals surface area (Å²) in [4.78, 5) is 53.1. The van der Waals surface area contributed by atoms with Crippen LogP contribution in [0.2, 0.25) is 0 Å². The van der Waals surface area contributed by atoms with E-state index in [-0.39, 0.29) is 55.5 Å². The summed E-state index contributed by atoms with van der Waals surface area (Å²) < 4.78 is 27.8. The Morgan fingerprint density at radius 1 is 0.852 bits per heavy atom. The molecule has 0 aromatic heterocycles. The van der Waals surface area contributed by atoms with E-state index in [1.54, 1.807) is 20.8 Å². The molecule has 14 heteroatoms. The number of alkyl carbamates (subject to hydrolysis) is 1. The van der Waals surface area contributed by atoms with Crippen molar-refractivity contribution in [1.29, 1.82) is 0 Å². The molecule has 2 aromatic rings. The summed E-state index contributed by atoms with van der Waals surface area (Å²) in [5, 5.41) is 8.49. The SMILES string of the molecule is CC(C)(C)OC(=O)NCCOCCOCCC(=O)NCCOc1cccc([C@@H](c2ccccc2)C2CCN(C(=O)N3CC[C@@H]4OCC(=O)N[C@@H]4C3)CC2)c1. The minimum absolute atomic E-state index is 0.0275. The molecule has 0 radical (unpaired) electrons. The highest BCUT2D eigenvalue weighted by Gasteiger charge is 2.39. The van der Waals surface area contributed by atoms with Crippen LogP contribution in [0.5, 0.6) is 5.75 Å². The Morgan fingerprint density at radius 3 is 2.31 bits per heavy atom. The zero-order chi connectivity index (χ0) is 38.3. The molecular weight excluding hydrogens is 694 g/mol. The van der Waals surface area contributed by atoms with Gasteiger partial charge < -0.3 is 49.4 Å². The van der Waals surface area contributed by atoms with Crippen LogP contribution < -0.4 is 20.7 Å². The van der Waals surface area contributed by atoms with Crippen LogP contribution in [0.25, 0.3) is 0 Å². The van der Waals surface area contributed by atoms with Gasteiger partial charge in [0.25, 0.3) is 0 Å². The van der Waals surface area contributed by atoms with Crippen LogP contribution in [-0.2, 0) is 28.5 Å². The Hall–Kier alpha value is -4.40. The number of amides is 5. The van der Waals surface area contributed by atoms with Crippen molar-refractivity contribution >= 4 is 23.9 Å². The molecule has 0 bridgehead atoms. The molecule has 0 unspecified atom stereocenters. The number of nitrogens with zero attached hydrogens (tertiary/aromatic N) is 2. The second-order valence-electron chi connectivity index (χ2n) is 14.9. The van der Waals surface area contributed by atoms with Crippen LogP contribution >= 0.6 is 0 Å². The predicted octanol–water partition coefficient (Wildman–Crippen LogP) is 3.68. The Balaban J connectivity index is 1.01. The van der Waals surface area contributed by atoms with Crippen LogP contribution in [-0.4, -0.2) is 130 Å². The number of benzene rings is 2. The van der Waals surface area contributed by atoms with E-state index in [4.69, 9.17) is 23.7 Å². The highest BCUT2D eigenvalue weighted by atomic mass is 16.6. The van der Waals surface area contributed by atoms with E-state index < -0.39 is 11.7 Å². The summed E-state index contributed by atoms with van der Waals surface area (Å²) >= 11 is 0. The second kappa shape index (κ2) is 20.3. The average Bonchev–Trinajstić information content (AvgIpc) is 3.15. The van der Waals surface area contributed by atoms with Gasteiger partial charge in [-0.05, 0) is 69.2 Å². The van der Waals surface area contributed by atoms with Gasteiger partial charge >= 0.3 is 12.1 Å². The molecule has 14 nitrogen and oxygen atoms in total. The maximum absolute atomic E-state index is 13.5. The fourth-order valence-electron chi connectivity index (χ4n) is 7.17. The number of rotatable bonds is 16. The van der Waals surface area contributed by atoms with E-state index in [1.807, 2.05) is 28.0 Å². The zero-order valence-electron chi connectivity index (χ0n) is 31.9. The smallest absolute Gasteiger partial charge is 0.407 e. The molecule has 3 saturated heterocycles. The van der Waals surface area contributed by atoms with Crippen LogP contribution in [0.4, 0.5) is 9.59 Å². The summed E-state index contributed by atoms with van der Waals surface area (Å²) in [6.07, 6.45) is 2.18. The number of morpholine rings is 1. The summed E-state index contributed by atoms with van der Waals surface area (Å²) in [5.74, 6) is 0.958. The van der Waals surface area contributed by atoms with E-state index >= 15 is 0 Å². The largest absolute Gasteiger partial charge is 0.492 e. The minimum atomic E-state index is -0.545. The third-order valence-corrected chi connectivity index (χ3v) is 9.71. The van der Waals surface area contributed by atoms with Crippen molar-refractivity contribution in [3.05, 3.63) is 65.7 Å². The van der Waals surface area contributed by atoms with Crippen LogP contribution in [0.1, 0.15) is 63.5 Å². The molecule has 0 aliphatic carbocycles. The molecule has 3 aliphatic rings. The number of urea groups is 1. The molecule has 3 aliphatic heterocycles. The van der Waals surface area contributed by atoms with Crippen molar-refractivity contribution in [2.45, 2.75) is 70.1 Å². The van der Waals surface area contributed by atoms with Crippen LogP contribution in [0, 0.1) is 5.92 Å². The van der Waals surface area contributed by atoms with Gasteiger partial charge in [0.05, 0.1) is 45.1 Å². The van der Waals surface area contributed by atoms with E-state index in [2.05, 4.69) is 52.3 Å². The van der Waals surface area contributed by atoms with Crippen molar-refractivity contribution in [1.82, 2.24) is 25.8 Å². The number of fused-ring (bicyclic) bond motifs is 1. The van der Waals surface area contributed by atoms with E-state index in [0.29, 0.717) is 71.6 Å². The van der Waals surface area contributed by atoms with Gasteiger partial charge in [0, 0.05) is 45.1 Å². The fourth-order valence-corrected chi connectivity index (χ4v) is 7.17. The van der Waals surface area contributed by atoms with Gasteiger partial charge in [-0.1, -0.05) is 42.5 Å². The van der Waals surface area contributed by atoms with Gasteiger partial charge in [-0.2, -0.15) is 0 Å². The summed E-state index contributed by atoms with van der Waals surface area (Å²) in [6.45, 7) is 10.3. The first-order valence-corrected chi connectivity index (χ1v) is 19.2. The molecule has 5 amide bonds. The van der Waals surface area contributed by atoms with Gasteiger partial charge in [0.1, 0.15) is 24.6 Å². The second-order valence-corrected chi connectivity index (χ2v) is 14.9. The summed E-state index contributed by atoms with van der Waals surface area (Å²) in [5.41, 5.74) is 1.84. The van der Waals surface area contributed by atoms with Crippen molar-refractivity contribution in [3.8, 4) is 5.75 Å². The molecule has 0 spiro atoms. The monoisotopic (exact) mass is 751 g/mol. The lowest BCUT2D eigenvalue weighted by Crippen LogP contribution is -2.62. The third kappa shape index (κ3) is 12.9. The topological polar surface area (TPSA) is 157 Å². The summed E-state index contributed by atoms with van der Waals surface area (Å²) in [7, 11) is 0. The lowest BCUT2D eigenvalue weighted by atomic mass is 9.76. The number of likely N-dealkylation sites (tertiary alicyclic amines) is 2. The number of piperidine rings is 2. The minimum Gasteiger partial charge on any atom is -0.492 e. The van der Waals surface area contributed by atoms with Crippen molar-refractivity contribution in [2.24, 2.45) is 5.92 Å². The Morgan fingerprint density at radius 2 is 1.56 bits per heavy atom. The van der Waals surface area contributed by atoms with Crippen molar-refractivity contribution in [3.63, 3.8) is 0 Å². The normalized spacial score (nSPS) is 19.6. The number of nitrogens with one attached hydrogen (secondary N) is 3. The number of carbonyl (C=O) groups is 4. The number of carbonyl (C=O) groups excluding carboxylic acids is 4. The molecule has 3 N–H and O–H groups in total. The highest BCUT2D eigenvalue weighted by molar-refractivity contribution is 5.79. The molecular formula is C40H57N5O9. The van der Waals surface area contributed by atoms with Gasteiger partial charge in [0.15, 0.2) is 0 Å². The fraction of sp³-hybridized carbons (Fsp3) is 0.600. The first-order chi connectivity index (χ1) is 26.1. The van der Waals surface area contributed by atoms with Gasteiger partial charge in [0.2, 0.25) is 11.8 Å². The first-order valence-electron chi connectivity index (χ1n) is 19.2. The van der Waals surface area contributed by atoms with Crippen molar-refractivity contribution < 1.29 is 42.9 Å². The van der Waals surface area contributed by atoms with E-state index in [0.717, 1.165) is 30.6 Å². The third-order valence-electron chi connectivity index (χ3n) is 9.71. The Bertz CT molecular complexity index is 1510. The molecule has 5 rings (SSSR count). The maximum Gasteiger partial charge on any atom is 0.407 e. The molecule has 54 heavy (non-hydrogen) atoms.